The van der Waals surface area contributed by atoms with Gasteiger partial charge in [-0.1, -0.05) is 78.6 Å². The molecule has 2 aromatic carbocycles. The average Bonchev–Trinajstić information content (AvgIpc) is 3.11. The summed E-state index contributed by atoms with van der Waals surface area (Å²) in [7, 11) is 0. The van der Waals surface area contributed by atoms with Gasteiger partial charge in [-0.05, 0) is 24.1 Å². The van der Waals surface area contributed by atoms with Gasteiger partial charge >= 0.3 is 0 Å². The monoisotopic (exact) mass is 384 g/mol. The predicted molar refractivity (Wildman–Crippen MR) is 109 cm³/mol. The molecular formula is C22H25ClN2O2. The highest BCUT2D eigenvalue weighted by Gasteiger charge is 2.28. The van der Waals surface area contributed by atoms with Crippen LogP contribution in [0.5, 0.6) is 0 Å². The molecule has 0 saturated heterocycles. The molecule has 5 heteroatoms. The lowest BCUT2D eigenvalue weighted by atomic mass is 10.0. The van der Waals surface area contributed by atoms with Crippen LogP contribution in [0.25, 0.3) is 0 Å². The summed E-state index contributed by atoms with van der Waals surface area (Å²) in [5.41, 5.74) is 4.14. The lowest BCUT2D eigenvalue weighted by molar-refractivity contribution is -0.136. The summed E-state index contributed by atoms with van der Waals surface area (Å²) in [6.45, 7) is 6.83. The first kappa shape index (κ1) is 19.4. The molecule has 0 N–H and O–H groups in total. The number of amides is 1. The van der Waals surface area contributed by atoms with Crippen LogP contribution in [0.15, 0.2) is 53.7 Å². The van der Waals surface area contributed by atoms with E-state index in [9.17, 15) is 4.79 Å². The van der Waals surface area contributed by atoms with Crippen LogP contribution in [0.1, 0.15) is 37.0 Å². The number of halogens is 1. The van der Waals surface area contributed by atoms with Crippen LogP contribution in [0.2, 0.25) is 5.02 Å². The third-order valence-corrected chi connectivity index (χ3v) is 5.04. The number of nitrogens with zero attached hydrogens (tertiary/aromatic N) is 2. The van der Waals surface area contributed by atoms with Crippen molar-refractivity contribution in [2.24, 2.45) is 11.1 Å². The topological polar surface area (TPSA) is 41.9 Å². The highest BCUT2D eigenvalue weighted by atomic mass is 35.5. The minimum absolute atomic E-state index is 0.0855. The number of oxime groups is 1. The minimum Gasteiger partial charge on any atom is -0.390 e. The smallest absolute Gasteiger partial charge is 0.225 e. The number of hydrogen-bond donors (Lipinski definition) is 0. The summed E-state index contributed by atoms with van der Waals surface area (Å²) in [5.74, 6) is -0.00585. The van der Waals surface area contributed by atoms with Gasteiger partial charge < -0.3 is 9.74 Å². The number of rotatable bonds is 6. The van der Waals surface area contributed by atoms with Crippen LogP contribution in [0, 0.1) is 12.8 Å². The Kier molecular flexibility index (Phi) is 6.17. The molecule has 3 rings (SSSR count). The highest BCUT2D eigenvalue weighted by molar-refractivity contribution is 6.31. The number of benzene rings is 2. The molecule has 0 aliphatic carbocycles. The molecule has 1 aliphatic rings. The van der Waals surface area contributed by atoms with Gasteiger partial charge in [-0.2, -0.15) is 0 Å². The van der Waals surface area contributed by atoms with E-state index in [0.29, 0.717) is 24.5 Å². The summed E-state index contributed by atoms with van der Waals surface area (Å²) in [6, 6.07) is 15.9. The standard InChI is InChI=1S/C22H25ClN2O2/c1-15(2)22(26)25(13-18-6-4-5-7-20(18)23)14-19-12-21(24-27-19)17-10-8-16(3)9-11-17/h4-11,15,19H,12-14H2,1-3H3/t19-/m1/s1. The van der Waals surface area contributed by atoms with Gasteiger partial charge in [0.2, 0.25) is 5.91 Å². The Bertz CT molecular complexity index is 830. The number of carbonyl (C=O) groups excluding carboxylic acids is 1. The molecule has 0 aromatic heterocycles. The van der Waals surface area contributed by atoms with Crippen LogP contribution >= 0.6 is 11.6 Å². The van der Waals surface area contributed by atoms with Crippen LogP contribution in [0.4, 0.5) is 0 Å². The average molecular weight is 385 g/mol. The van der Waals surface area contributed by atoms with Crippen molar-refractivity contribution in [2.45, 2.75) is 39.8 Å². The zero-order chi connectivity index (χ0) is 19.4. The normalized spacial score (nSPS) is 16.2. The number of aryl methyl sites for hydroxylation is 1. The van der Waals surface area contributed by atoms with E-state index in [-0.39, 0.29) is 17.9 Å². The van der Waals surface area contributed by atoms with Crippen molar-refractivity contribution in [3.8, 4) is 0 Å². The second kappa shape index (κ2) is 8.57. The van der Waals surface area contributed by atoms with Gasteiger partial charge in [-0.3, -0.25) is 4.79 Å². The van der Waals surface area contributed by atoms with Gasteiger partial charge in [0.1, 0.15) is 0 Å². The maximum absolute atomic E-state index is 12.7. The summed E-state index contributed by atoms with van der Waals surface area (Å²) < 4.78 is 0. The first-order valence-corrected chi connectivity index (χ1v) is 9.63. The molecule has 0 saturated carbocycles. The van der Waals surface area contributed by atoms with Crippen LogP contribution in [0.3, 0.4) is 0 Å². The maximum Gasteiger partial charge on any atom is 0.225 e. The third kappa shape index (κ3) is 4.89. The Hall–Kier alpha value is -2.33. The van der Waals surface area contributed by atoms with Crippen LogP contribution in [-0.4, -0.2) is 29.2 Å². The molecule has 1 atom stereocenters. The fraction of sp³-hybridized carbons (Fsp3) is 0.364. The van der Waals surface area contributed by atoms with Crippen LogP contribution < -0.4 is 0 Å². The van der Waals surface area contributed by atoms with Gasteiger partial charge in [0.15, 0.2) is 6.10 Å². The molecule has 4 nitrogen and oxygen atoms in total. The largest absolute Gasteiger partial charge is 0.390 e. The fourth-order valence-electron chi connectivity index (χ4n) is 3.12. The van der Waals surface area contributed by atoms with Gasteiger partial charge in [0.25, 0.3) is 0 Å². The molecule has 142 valence electrons. The Labute approximate surface area is 165 Å². The van der Waals surface area contributed by atoms with Gasteiger partial charge in [-0.25, -0.2) is 0 Å². The third-order valence-electron chi connectivity index (χ3n) is 4.67. The van der Waals surface area contributed by atoms with Crippen LogP contribution in [-0.2, 0) is 16.2 Å². The lowest BCUT2D eigenvalue weighted by Crippen LogP contribution is -2.39. The summed E-state index contributed by atoms with van der Waals surface area (Å²) in [4.78, 5) is 20.2. The minimum atomic E-state index is -0.147. The zero-order valence-electron chi connectivity index (χ0n) is 16.0. The predicted octanol–water partition coefficient (Wildman–Crippen LogP) is 4.83. The summed E-state index contributed by atoms with van der Waals surface area (Å²) >= 11 is 6.29. The Balaban J connectivity index is 1.69. The molecule has 1 heterocycles. The molecular weight excluding hydrogens is 360 g/mol. The van der Waals surface area contributed by atoms with E-state index in [1.807, 2.05) is 43.0 Å². The Morgan fingerprint density at radius 2 is 1.93 bits per heavy atom. The fourth-order valence-corrected chi connectivity index (χ4v) is 3.31. The molecule has 27 heavy (non-hydrogen) atoms. The van der Waals surface area contributed by atoms with E-state index < -0.39 is 0 Å². The molecule has 1 aliphatic heterocycles. The molecule has 0 bridgehead atoms. The Morgan fingerprint density at radius 3 is 2.59 bits per heavy atom. The van der Waals surface area contributed by atoms with Crippen molar-refractivity contribution < 1.29 is 9.63 Å². The molecule has 0 unspecified atom stereocenters. The van der Waals surface area contributed by atoms with Crippen molar-refractivity contribution in [3.05, 3.63) is 70.2 Å². The SMILES string of the molecule is Cc1ccc(C2=NO[C@@H](CN(Cc3ccccc3Cl)C(=O)C(C)C)C2)cc1. The second-order valence-electron chi connectivity index (χ2n) is 7.30. The van der Waals surface area contributed by atoms with Gasteiger partial charge in [0, 0.05) is 23.9 Å². The Morgan fingerprint density at radius 1 is 1.22 bits per heavy atom. The van der Waals surface area contributed by atoms with Gasteiger partial charge in [0.05, 0.1) is 12.3 Å². The first-order chi connectivity index (χ1) is 12.9. The quantitative estimate of drug-likeness (QED) is 0.716. The lowest BCUT2D eigenvalue weighted by Gasteiger charge is -2.27. The van der Waals surface area contributed by atoms with Crippen molar-refractivity contribution in [1.29, 1.82) is 0 Å². The molecule has 2 aromatic rings. The van der Waals surface area contributed by atoms with Crippen molar-refractivity contribution >= 4 is 23.2 Å². The molecule has 0 spiro atoms. The second-order valence-corrected chi connectivity index (χ2v) is 7.71. The zero-order valence-corrected chi connectivity index (χ0v) is 16.7. The van der Waals surface area contributed by atoms with E-state index in [1.165, 1.54) is 5.56 Å². The van der Waals surface area contributed by atoms with E-state index >= 15 is 0 Å². The summed E-state index contributed by atoms with van der Waals surface area (Å²) in [5, 5.41) is 4.92. The molecule has 0 radical (unpaired) electrons. The highest BCUT2D eigenvalue weighted by Crippen LogP contribution is 2.22. The number of hydrogen-bond acceptors (Lipinski definition) is 3. The van der Waals surface area contributed by atoms with Crippen molar-refractivity contribution in [2.75, 3.05) is 6.54 Å². The van der Waals surface area contributed by atoms with Gasteiger partial charge in [-0.15, -0.1) is 0 Å². The van der Waals surface area contributed by atoms with E-state index in [2.05, 4.69) is 36.3 Å². The van der Waals surface area contributed by atoms with Crippen molar-refractivity contribution in [1.82, 2.24) is 4.90 Å². The van der Waals surface area contributed by atoms with E-state index in [0.717, 1.165) is 16.8 Å². The van der Waals surface area contributed by atoms with E-state index in [4.69, 9.17) is 16.4 Å². The maximum atomic E-state index is 12.7. The summed E-state index contributed by atoms with van der Waals surface area (Å²) in [6.07, 6.45) is 0.541. The first-order valence-electron chi connectivity index (χ1n) is 9.26. The van der Waals surface area contributed by atoms with E-state index in [1.54, 1.807) is 0 Å². The molecule has 0 fully saturated rings. The molecule has 1 amide bonds. The van der Waals surface area contributed by atoms with Crippen molar-refractivity contribution in [3.63, 3.8) is 0 Å². The number of carbonyl (C=O) groups is 1.